The smallest absolute Gasteiger partial charge is 0.410 e. The lowest BCUT2D eigenvalue weighted by molar-refractivity contribution is 0.0242. The predicted molar refractivity (Wildman–Crippen MR) is 107 cm³/mol. The van der Waals surface area contributed by atoms with E-state index in [1.54, 1.807) is 11.0 Å². The first kappa shape index (κ1) is 19.3. The van der Waals surface area contributed by atoms with Crippen molar-refractivity contribution in [3.8, 4) is 0 Å². The van der Waals surface area contributed by atoms with Crippen molar-refractivity contribution in [3.63, 3.8) is 0 Å². The molecule has 0 bridgehead atoms. The zero-order valence-electron chi connectivity index (χ0n) is 16.7. The van der Waals surface area contributed by atoms with Crippen LogP contribution in [0.4, 0.5) is 15.3 Å². The van der Waals surface area contributed by atoms with Gasteiger partial charge in [0.05, 0.1) is 5.69 Å². The van der Waals surface area contributed by atoms with Crippen LogP contribution in [0.25, 0.3) is 6.08 Å². The molecule has 27 heavy (non-hydrogen) atoms. The highest BCUT2D eigenvalue weighted by Gasteiger charge is 2.31. The molecule has 1 fully saturated rings. The summed E-state index contributed by atoms with van der Waals surface area (Å²) in [6.45, 7) is 14.7. The zero-order valence-corrected chi connectivity index (χ0v) is 16.7. The number of amides is 3. The normalized spacial score (nSPS) is 17.2. The molecule has 3 amide bonds. The van der Waals surface area contributed by atoms with Crippen molar-refractivity contribution in [1.82, 2.24) is 9.80 Å². The Morgan fingerprint density at radius 3 is 2.48 bits per heavy atom. The molecule has 6 heteroatoms. The van der Waals surface area contributed by atoms with Crippen LogP contribution in [0.3, 0.4) is 0 Å². The lowest BCUT2D eigenvalue weighted by Crippen LogP contribution is -2.49. The maximum absolute atomic E-state index is 12.8. The number of carbonyl (C=O) groups excluding carboxylic acids is 2. The highest BCUT2D eigenvalue weighted by Crippen LogP contribution is 2.33. The Labute approximate surface area is 161 Å². The van der Waals surface area contributed by atoms with Crippen molar-refractivity contribution in [2.24, 2.45) is 0 Å². The number of benzene rings is 1. The molecule has 2 aliphatic rings. The minimum Gasteiger partial charge on any atom is -0.444 e. The third kappa shape index (κ3) is 3.94. The van der Waals surface area contributed by atoms with Crippen LogP contribution in [0, 0.1) is 0 Å². The Morgan fingerprint density at radius 1 is 1.22 bits per heavy atom. The summed E-state index contributed by atoms with van der Waals surface area (Å²) in [6, 6.07) is 4.11. The van der Waals surface area contributed by atoms with Gasteiger partial charge in [0, 0.05) is 32.7 Å². The van der Waals surface area contributed by atoms with Gasteiger partial charge in [-0.3, -0.25) is 9.80 Å². The van der Waals surface area contributed by atoms with E-state index in [4.69, 9.17) is 4.74 Å². The third-order valence-corrected chi connectivity index (χ3v) is 4.93. The first-order valence-corrected chi connectivity index (χ1v) is 9.56. The number of anilines is 1. The first-order chi connectivity index (χ1) is 12.7. The van der Waals surface area contributed by atoms with Crippen LogP contribution in [0.2, 0.25) is 0 Å². The molecular weight excluding hydrogens is 342 g/mol. The van der Waals surface area contributed by atoms with E-state index in [1.165, 1.54) is 0 Å². The molecule has 3 rings (SSSR count). The van der Waals surface area contributed by atoms with E-state index in [2.05, 4.69) is 6.58 Å². The van der Waals surface area contributed by atoms with Gasteiger partial charge in [0.25, 0.3) is 0 Å². The molecular formula is C21H29N3O3. The summed E-state index contributed by atoms with van der Waals surface area (Å²) < 4.78 is 5.50. The third-order valence-electron chi connectivity index (χ3n) is 4.93. The maximum atomic E-state index is 12.8. The molecule has 2 heterocycles. The lowest BCUT2D eigenvalue weighted by Gasteiger charge is -2.36. The maximum Gasteiger partial charge on any atom is 0.410 e. The largest absolute Gasteiger partial charge is 0.444 e. The summed E-state index contributed by atoms with van der Waals surface area (Å²) in [6.07, 6.45) is 2.41. The molecule has 0 spiro atoms. The number of carbonyl (C=O) groups is 2. The quantitative estimate of drug-likeness (QED) is 0.799. The minimum absolute atomic E-state index is 0.0359. The van der Waals surface area contributed by atoms with Gasteiger partial charge in [-0.15, -0.1) is 0 Å². The molecule has 1 aromatic carbocycles. The fourth-order valence-corrected chi connectivity index (χ4v) is 3.61. The molecule has 0 aromatic heterocycles. The molecule has 1 aromatic rings. The molecule has 0 aliphatic carbocycles. The van der Waals surface area contributed by atoms with Gasteiger partial charge in [-0.25, -0.2) is 9.59 Å². The summed E-state index contributed by atoms with van der Waals surface area (Å²) >= 11 is 0. The average Bonchev–Trinajstić information content (AvgIpc) is 3.02. The molecule has 0 radical (unpaired) electrons. The van der Waals surface area contributed by atoms with Crippen molar-refractivity contribution in [3.05, 3.63) is 35.4 Å². The Hall–Kier alpha value is -2.50. The topological polar surface area (TPSA) is 53.1 Å². The summed E-state index contributed by atoms with van der Waals surface area (Å²) in [4.78, 5) is 30.6. The second-order valence-corrected chi connectivity index (χ2v) is 8.09. The van der Waals surface area contributed by atoms with Crippen molar-refractivity contribution in [2.45, 2.75) is 52.8 Å². The minimum atomic E-state index is -0.521. The van der Waals surface area contributed by atoms with Gasteiger partial charge >= 0.3 is 12.1 Å². The number of urea groups is 1. The molecule has 0 N–H and O–H groups in total. The van der Waals surface area contributed by atoms with Crippen LogP contribution < -0.4 is 4.90 Å². The van der Waals surface area contributed by atoms with Gasteiger partial charge in [-0.05, 0) is 62.9 Å². The van der Waals surface area contributed by atoms with E-state index < -0.39 is 5.60 Å². The number of ether oxygens (including phenoxy) is 1. The van der Waals surface area contributed by atoms with Gasteiger partial charge in [-0.2, -0.15) is 0 Å². The van der Waals surface area contributed by atoms with Crippen molar-refractivity contribution >= 4 is 23.9 Å². The molecule has 1 saturated heterocycles. The van der Waals surface area contributed by atoms with Crippen LogP contribution in [0.5, 0.6) is 0 Å². The SMILES string of the molecule is C=Cc1cc2c(cc1N1CCCN(CC)C1=O)CN(C(=O)OC(C)(C)C)C2. The fourth-order valence-electron chi connectivity index (χ4n) is 3.61. The second kappa shape index (κ2) is 7.25. The van der Waals surface area contributed by atoms with Crippen molar-refractivity contribution in [2.75, 3.05) is 24.5 Å². The molecule has 146 valence electrons. The first-order valence-electron chi connectivity index (χ1n) is 9.56. The number of fused-ring (bicyclic) bond motifs is 1. The van der Waals surface area contributed by atoms with Gasteiger partial charge in [0.2, 0.25) is 0 Å². The Bertz CT molecular complexity index is 767. The van der Waals surface area contributed by atoms with Gasteiger partial charge < -0.3 is 9.64 Å². The van der Waals surface area contributed by atoms with Crippen LogP contribution in [0.1, 0.15) is 50.8 Å². The van der Waals surface area contributed by atoms with Crippen LogP contribution in [-0.4, -0.2) is 47.2 Å². The predicted octanol–water partition coefficient (Wildman–Crippen LogP) is 4.23. The lowest BCUT2D eigenvalue weighted by atomic mass is 10.0. The van der Waals surface area contributed by atoms with Crippen molar-refractivity contribution < 1.29 is 14.3 Å². The highest BCUT2D eigenvalue weighted by molar-refractivity contribution is 5.95. The molecule has 6 nitrogen and oxygen atoms in total. The fraction of sp³-hybridized carbons (Fsp3) is 0.524. The average molecular weight is 371 g/mol. The Balaban J connectivity index is 1.87. The number of nitrogens with zero attached hydrogens (tertiary/aromatic N) is 3. The molecule has 2 aliphatic heterocycles. The Morgan fingerprint density at radius 2 is 1.89 bits per heavy atom. The summed E-state index contributed by atoms with van der Waals surface area (Å²) in [5.74, 6) is 0. The summed E-state index contributed by atoms with van der Waals surface area (Å²) in [5, 5.41) is 0. The standard InChI is InChI=1S/C21H29N3O3/c1-6-15-11-16-13-23(20(26)27-21(3,4)5)14-17(16)12-18(15)24-10-8-9-22(7-2)19(24)25/h6,11-12H,1,7-10,13-14H2,2-5H3. The zero-order chi connectivity index (χ0) is 19.8. The molecule has 0 unspecified atom stereocenters. The van der Waals surface area contributed by atoms with Crippen molar-refractivity contribution in [1.29, 1.82) is 0 Å². The Kier molecular flexibility index (Phi) is 5.18. The van der Waals surface area contributed by atoms with E-state index in [0.29, 0.717) is 26.2 Å². The monoisotopic (exact) mass is 371 g/mol. The van der Waals surface area contributed by atoms with E-state index in [1.807, 2.05) is 49.6 Å². The van der Waals surface area contributed by atoms with E-state index >= 15 is 0 Å². The van der Waals surface area contributed by atoms with Gasteiger partial charge in [0.15, 0.2) is 0 Å². The van der Waals surface area contributed by atoms with Crippen LogP contribution >= 0.6 is 0 Å². The van der Waals surface area contributed by atoms with E-state index in [9.17, 15) is 9.59 Å². The van der Waals surface area contributed by atoms with Crippen LogP contribution in [0.15, 0.2) is 18.7 Å². The molecule has 0 atom stereocenters. The van der Waals surface area contributed by atoms with Gasteiger partial charge in [-0.1, -0.05) is 12.7 Å². The summed E-state index contributed by atoms with van der Waals surface area (Å²) in [5.41, 5.74) is 3.41. The number of hydrogen-bond acceptors (Lipinski definition) is 3. The van der Waals surface area contributed by atoms with Gasteiger partial charge in [0.1, 0.15) is 5.60 Å². The number of rotatable bonds is 3. The molecule has 0 saturated carbocycles. The second-order valence-electron chi connectivity index (χ2n) is 8.09. The number of hydrogen-bond donors (Lipinski definition) is 0. The van der Waals surface area contributed by atoms with E-state index in [0.717, 1.165) is 35.3 Å². The highest BCUT2D eigenvalue weighted by atomic mass is 16.6. The van der Waals surface area contributed by atoms with E-state index in [-0.39, 0.29) is 12.1 Å². The van der Waals surface area contributed by atoms with Crippen LogP contribution in [-0.2, 0) is 17.8 Å². The summed E-state index contributed by atoms with van der Waals surface area (Å²) in [7, 11) is 0.